The molecule has 0 spiro atoms. The standard InChI is InChI=1S/C21H20FNO2/c1-2-25-21(24)17-11-6-10-15-13-8-5-9-14(13)19(23-20(15)17)16-7-3-4-12-18(16)22/h3-8,10-14,19,23H,2,9H2,1H3/t13-,14+,19+/m1/s1. The molecule has 2 aromatic rings. The van der Waals surface area contributed by atoms with Gasteiger partial charge in [-0.2, -0.15) is 0 Å². The molecule has 0 fully saturated rings. The first-order valence-corrected chi connectivity index (χ1v) is 8.68. The van der Waals surface area contributed by atoms with Crippen molar-refractivity contribution in [3.8, 4) is 0 Å². The van der Waals surface area contributed by atoms with Crippen LogP contribution in [0.4, 0.5) is 10.1 Å². The molecule has 1 heterocycles. The van der Waals surface area contributed by atoms with Crippen LogP contribution in [0.3, 0.4) is 0 Å². The highest BCUT2D eigenvalue weighted by atomic mass is 19.1. The van der Waals surface area contributed by atoms with E-state index >= 15 is 0 Å². The maximum absolute atomic E-state index is 14.4. The fraction of sp³-hybridized carbons (Fsp3) is 0.286. The molecular weight excluding hydrogens is 317 g/mol. The summed E-state index contributed by atoms with van der Waals surface area (Å²) in [4.78, 5) is 12.4. The quantitative estimate of drug-likeness (QED) is 0.644. The number of esters is 1. The minimum absolute atomic E-state index is 0.176. The van der Waals surface area contributed by atoms with Crippen LogP contribution < -0.4 is 5.32 Å². The van der Waals surface area contributed by atoms with E-state index in [4.69, 9.17) is 4.74 Å². The molecule has 0 radical (unpaired) electrons. The summed E-state index contributed by atoms with van der Waals surface area (Å²) in [5, 5.41) is 3.45. The molecule has 0 bridgehead atoms. The molecule has 4 rings (SSSR count). The molecule has 1 aliphatic heterocycles. The second-order valence-corrected chi connectivity index (χ2v) is 6.49. The van der Waals surface area contributed by atoms with E-state index in [1.54, 1.807) is 19.1 Å². The van der Waals surface area contributed by atoms with E-state index in [1.807, 2.05) is 24.3 Å². The first-order valence-electron chi connectivity index (χ1n) is 8.68. The fourth-order valence-corrected chi connectivity index (χ4v) is 4.04. The molecule has 0 aromatic heterocycles. The number of allylic oxidation sites excluding steroid dienone is 2. The Morgan fingerprint density at radius 2 is 2.00 bits per heavy atom. The van der Waals surface area contributed by atoms with Crippen LogP contribution in [0.5, 0.6) is 0 Å². The number of hydrogen-bond donors (Lipinski definition) is 1. The Morgan fingerprint density at radius 3 is 2.80 bits per heavy atom. The van der Waals surface area contributed by atoms with E-state index in [2.05, 4.69) is 17.5 Å². The summed E-state index contributed by atoms with van der Waals surface area (Å²) in [5.74, 6) is -0.153. The Bertz CT molecular complexity index is 846. The number of anilines is 1. The van der Waals surface area contributed by atoms with Crippen molar-refractivity contribution in [3.63, 3.8) is 0 Å². The Kier molecular flexibility index (Phi) is 4.04. The number of benzene rings is 2. The van der Waals surface area contributed by atoms with E-state index in [1.165, 1.54) is 6.07 Å². The summed E-state index contributed by atoms with van der Waals surface area (Å²) >= 11 is 0. The lowest BCUT2D eigenvalue weighted by Gasteiger charge is -2.38. The van der Waals surface area contributed by atoms with Gasteiger partial charge in [-0.05, 0) is 37.0 Å². The summed E-state index contributed by atoms with van der Waals surface area (Å²) in [6, 6.07) is 12.4. The smallest absolute Gasteiger partial charge is 0.340 e. The zero-order valence-electron chi connectivity index (χ0n) is 14.0. The van der Waals surface area contributed by atoms with Gasteiger partial charge < -0.3 is 10.1 Å². The van der Waals surface area contributed by atoms with Crippen LogP contribution in [0.25, 0.3) is 0 Å². The molecule has 3 atom stereocenters. The van der Waals surface area contributed by atoms with Crippen molar-refractivity contribution in [1.82, 2.24) is 0 Å². The maximum atomic E-state index is 14.4. The van der Waals surface area contributed by atoms with Crippen molar-refractivity contribution in [3.05, 3.63) is 77.1 Å². The molecule has 4 heteroatoms. The van der Waals surface area contributed by atoms with Gasteiger partial charge in [0.1, 0.15) is 5.82 Å². The van der Waals surface area contributed by atoms with Gasteiger partial charge in [0.05, 0.1) is 23.9 Å². The molecule has 0 saturated heterocycles. The summed E-state index contributed by atoms with van der Waals surface area (Å²) in [5.41, 5.74) is 3.00. The highest BCUT2D eigenvalue weighted by Crippen LogP contribution is 2.50. The Labute approximate surface area is 146 Å². The van der Waals surface area contributed by atoms with Gasteiger partial charge in [-0.15, -0.1) is 0 Å². The number of rotatable bonds is 3. The van der Waals surface area contributed by atoms with E-state index in [0.717, 1.165) is 17.7 Å². The van der Waals surface area contributed by atoms with Gasteiger partial charge in [-0.3, -0.25) is 0 Å². The molecular formula is C21H20FNO2. The van der Waals surface area contributed by atoms with E-state index in [9.17, 15) is 9.18 Å². The number of carbonyl (C=O) groups is 1. The van der Waals surface area contributed by atoms with E-state index in [-0.39, 0.29) is 29.7 Å². The lowest BCUT2D eigenvalue weighted by Crippen LogP contribution is -2.31. The molecule has 25 heavy (non-hydrogen) atoms. The summed E-state index contributed by atoms with van der Waals surface area (Å²) in [6.45, 7) is 2.11. The lowest BCUT2D eigenvalue weighted by atomic mass is 9.76. The van der Waals surface area contributed by atoms with Crippen LogP contribution in [0.15, 0.2) is 54.6 Å². The van der Waals surface area contributed by atoms with Crippen molar-refractivity contribution in [2.24, 2.45) is 5.92 Å². The number of halogens is 1. The Hall–Kier alpha value is -2.62. The van der Waals surface area contributed by atoms with Crippen LogP contribution in [0.1, 0.15) is 46.8 Å². The van der Waals surface area contributed by atoms with Crippen molar-refractivity contribution >= 4 is 11.7 Å². The molecule has 2 aromatic carbocycles. The second-order valence-electron chi connectivity index (χ2n) is 6.49. The first-order chi connectivity index (χ1) is 12.2. The maximum Gasteiger partial charge on any atom is 0.340 e. The summed E-state index contributed by atoms with van der Waals surface area (Å²) in [7, 11) is 0. The number of fused-ring (bicyclic) bond motifs is 3. The molecule has 1 N–H and O–H groups in total. The van der Waals surface area contributed by atoms with Crippen LogP contribution in [-0.2, 0) is 4.74 Å². The largest absolute Gasteiger partial charge is 0.462 e. The molecule has 1 aliphatic carbocycles. The molecule has 0 amide bonds. The first kappa shape index (κ1) is 15.9. The van der Waals surface area contributed by atoms with Crippen LogP contribution >= 0.6 is 0 Å². The summed E-state index contributed by atoms with van der Waals surface area (Å²) < 4.78 is 19.6. The van der Waals surface area contributed by atoms with E-state index < -0.39 is 0 Å². The van der Waals surface area contributed by atoms with Gasteiger partial charge in [0.15, 0.2) is 0 Å². The number of ether oxygens (including phenoxy) is 1. The highest BCUT2D eigenvalue weighted by Gasteiger charge is 2.40. The SMILES string of the molecule is CCOC(=O)c1cccc2c1N[C@H](c1ccccc1F)[C@H]1CC=C[C@@H]21. The number of carbonyl (C=O) groups excluding carboxylic acids is 1. The minimum Gasteiger partial charge on any atom is -0.462 e. The highest BCUT2D eigenvalue weighted by molar-refractivity contribution is 5.97. The zero-order valence-corrected chi connectivity index (χ0v) is 14.0. The Balaban J connectivity index is 1.82. The van der Waals surface area contributed by atoms with E-state index in [0.29, 0.717) is 17.7 Å². The van der Waals surface area contributed by atoms with Gasteiger partial charge in [0.25, 0.3) is 0 Å². The van der Waals surface area contributed by atoms with Crippen LogP contribution in [0, 0.1) is 11.7 Å². The fourth-order valence-electron chi connectivity index (χ4n) is 4.04. The summed E-state index contributed by atoms with van der Waals surface area (Å²) in [6.07, 6.45) is 5.21. The zero-order chi connectivity index (χ0) is 17.4. The molecule has 0 saturated carbocycles. The topological polar surface area (TPSA) is 38.3 Å². The minimum atomic E-state index is -0.348. The third-order valence-corrected chi connectivity index (χ3v) is 5.13. The number of para-hydroxylation sites is 1. The molecule has 2 aliphatic rings. The van der Waals surface area contributed by atoms with Crippen molar-refractivity contribution in [1.29, 1.82) is 0 Å². The second kappa shape index (κ2) is 6.36. The molecule has 0 unspecified atom stereocenters. The molecule has 3 nitrogen and oxygen atoms in total. The number of hydrogen-bond acceptors (Lipinski definition) is 3. The molecule has 128 valence electrons. The normalized spacial score (nSPS) is 23.5. The van der Waals surface area contributed by atoms with Crippen molar-refractivity contribution < 1.29 is 13.9 Å². The van der Waals surface area contributed by atoms with Gasteiger partial charge in [0.2, 0.25) is 0 Å². The van der Waals surface area contributed by atoms with Crippen molar-refractivity contribution in [2.45, 2.75) is 25.3 Å². The predicted octanol–water partition coefficient (Wildman–Crippen LogP) is 4.83. The third kappa shape index (κ3) is 2.62. The Morgan fingerprint density at radius 1 is 1.20 bits per heavy atom. The lowest BCUT2D eigenvalue weighted by molar-refractivity contribution is 0.0527. The average Bonchev–Trinajstić information content (AvgIpc) is 3.11. The monoisotopic (exact) mass is 337 g/mol. The van der Waals surface area contributed by atoms with Crippen molar-refractivity contribution in [2.75, 3.05) is 11.9 Å². The third-order valence-electron chi connectivity index (χ3n) is 5.13. The van der Waals surface area contributed by atoms with Crippen LogP contribution in [-0.4, -0.2) is 12.6 Å². The van der Waals surface area contributed by atoms with Crippen LogP contribution in [0.2, 0.25) is 0 Å². The van der Waals surface area contributed by atoms with Gasteiger partial charge in [-0.1, -0.05) is 42.5 Å². The van der Waals surface area contributed by atoms with Gasteiger partial charge in [0, 0.05) is 11.5 Å². The van der Waals surface area contributed by atoms with Gasteiger partial charge >= 0.3 is 5.97 Å². The predicted molar refractivity (Wildman–Crippen MR) is 95.2 cm³/mol. The average molecular weight is 337 g/mol. The number of nitrogens with one attached hydrogen (secondary N) is 1. The van der Waals surface area contributed by atoms with Gasteiger partial charge in [-0.25, -0.2) is 9.18 Å².